The van der Waals surface area contributed by atoms with E-state index in [-0.39, 0.29) is 29.7 Å². The maximum Gasteiger partial charge on any atom is 0.284 e. The van der Waals surface area contributed by atoms with Crippen molar-refractivity contribution in [2.75, 3.05) is 20.1 Å². The maximum atomic E-state index is 11.0. The summed E-state index contributed by atoms with van der Waals surface area (Å²) in [6, 6.07) is 3.35. The number of likely N-dealkylation sites (tertiary alicyclic amines) is 1. The van der Waals surface area contributed by atoms with Crippen LogP contribution >= 0.6 is 24.0 Å². The van der Waals surface area contributed by atoms with Crippen molar-refractivity contribution < 1.29 is 9.21 Å². The number of rotatable bonds is 5. The topological polar surface area (TPSA) is 83.9 Å². The van der Waals surface area contributed by atoms with E-state index in [9.17, 15) is 4.79 Å². The van der Waals surface area contributed by atoms with E-state index >= 15 is 0 Å². The standard InChI is InChI=1S/C16H26N4O2.HI/c1-11(2)8-12-6-7-20(10-12)16(18-3)19-9-13-4-5-14(22-13)15(17)21;/h4-5,11-12H,6-10H2,1-3H3,(H2,17,21)(H,18,19);1H. The van der Waals surface area contributed by atoms with Gasteiger partial charge in [-0.25, -0.2) is 0 Å². The van der Waals surface area contributed by atoms with Gasteiger partial charge in [0.15, 0.2) is 11.7 Å². The number of hydrogen-bond donors (Lipinski definition) is 2. The van der Waals surface area contributed by atoms with Crippen molar-refractivity contribution >= 4 is 35.8 Å². The van der Waals surface area contributed by atoms with E-state index in [1.54, 1.807) is 19.2 Å². The first-order valence-electron chi connectivity index (χ1n) is 7.83. The van der Waals surface area contributed by atoms with E-state index in [2.05, 4.69) is 29.1 Å². The zero-order valence-corrected chi connectivity index (χ0v) is 16.4. The van der Waals surface area contributed by atoms with Crippen molar-refractivity contribution in [3.05, 3.63) is 23.7 Å². The van der Waals surface area contributed by atoms with Crippen LogP contribution < -0.4 is 11.1 Å². The third-order valence-electron chi connectivity index (χ3n) is 3.93. The molecular weight excluding hydrogens is 407 g/mol. The Morgan fingerprint density at radius 2 is 2.26 bits per heavy atom. The number of nitrogens with zero attached hydrogens (tertiary/aromatic N) is 2. The average Bonchev–Trinajstić information content (AvgIpc) is 3.08. The highest BCUT2D eigenvalue weighted by Gasteiger charge is 2.25. The first kappa shape index (κ1) is 19.8. The number of furan rings is 1. The molecule has 0 radical (unpaired) electrons. The van der Waals surface area contributed by atoms with Crippen LogP contribution in [0.25, 0.3) is 0 Å². The highest BCUT2D eigenvalue weighted by molar-refractivity contribution is 14.0. The summed E-state index contributed by atoms with van der Waals surface area (Å²) in [5.74, 6) is 2.66. The fourth-order valence-corrected chi connectivity index (χ4v) is 2.99. The predicted octanol–water partition coefficient (Wildman–Crippen LogP) is 2.44. The van der Waals surface area contributed by atoms with Gasteiger partial charge >= 0.3 is 0 Å². The molecule has 1 aliphatic heterocycles. The maximum absolute atomic E-state index is 11.0. The number of carbonyl (C=O) groups is 1. The lowest BCUT2D eigenvalue weighted by Crippen LogP contribution is -2.39. The molecule has 1 atom stereocenters. The van der Waals surface area contributed by atoms with E-state index in [1.165, 1.54) is 12.8 Å². The van der Waals surface area contributed by atoms with Crippen molar-refractivity contribution in [3.8, 4) is 0 Å². The molecule has 0 saturated carbocycles. The molecule has 1 aromatic rings. The van der Waals surface area contributed by atoms with Crippen LogP contribution in [0.15, 0.2) is 21.5 Å². The van der Waals surface area contributed by atoms with E-state index in [0.717, 1.165) is 30.9 Å². The zero-order valence-electron chi connectivity index (χ0n) is 14.0. The first-order valence-corrected chi connectivity index (χ1v) is 7.83. The number of hydrogen-bond acceptors (Lipinski definition) is 3. The fourth-order valence-electron chi connectivity index (χ4n) is 2.99. The lowest BCUT2D eigenvalue weighted by Gasteiger charge is -2.21. The van der Waals surface area contributed by atoms with Crippen molar-refractivity contribution in [3.63, 3.8) is 0 Å². The van der Waals surface area contributed by atoms with Crippen LogP contribution in [0.3, 0.4) is 0 Å². The number of nitrogens with two attached hydrogens (primary N) is 1. The van der Waals surface area contributed by atoms with Crippen LogP contribution in [0, 0.1) is 11.8 Å². The molecular formula is C16H27IN4O2. The Hall–Kier alpha value is -1.25. The number of guanidine groups is 1. The molecule has 3 N–H and O–H groups in total. The summed E-state index contributed by atoms with van der Waals surface area (Å²) in [4.78, 5) is 17.6. The quantitative estimate of drug-likeness (QED) is 0.424. The van der Waals surface area contributed by atoms with Crippen LogP contribution in [-0.4, -0.2) is 36.9 Å². The van der Waals surface area contributed by atoms with E-state index in [4.69, 9.17) is 10.2 Å². The number of aliphatic imine (C=N–C) groups is 1. The molecule has 0 bridgehead atoms. The molecule has 6 nitrogen and oxygen atoms in total. The minimum atomic E-state index is -0.549. The van der Waals surface area contributed by atoms with Crippen LogP contribution in [-0.2, 0) is 6.54 Å². The number of halogens is 1. The monoisotopic (exact) mass is 434 g/mol. The Morgan fingerprint density at radius 1 is 1.52 bits per heavy atom. The predicted molar refractivity (Wildman–Crippen MR) is 102 cm³/mol. The number of primary amides is 1. The summed E-state index contributed by atoms with van der Waals surface area (Å²) >= 11 is 0. The minimum absolute atomic E-state index is 0. The lowest BCUT2D eigenvalue weighted by molar-refractivity contribution is 0.0972. The second-order valence-electron chi connectivity index (χ2n) is 6.26. The average molecular weight is 434 g/mol. The fraction of sp³-hybridized carbons (Fsp3) is 0.625. The van der Waals surface area contributed by atoms with Gasteiger partial charge in [0.2, 0.25) is 0 Å². The van der Waals surface area contributed by atoms with Gasteiger partial charge in [0, 0.05) is 20.1 Å². The third kappa shape index (κ3) is 5.71. The second-order valence-corrected chi connectivity index (χ2v) is 6.26. The van der Waals surface area contributed by atoms with Gasteiger partial charge in [0.25, 0.3) is 5.91 Å². The molecule has 1 aliphatic rings. The SMILES string of the molecule is CN=C(NCc1ccc(C(N)=O)o1)N1CCC(CC(C)C)C1.I. The Bertz CT molecular complexity index is 542. The zero-order chi connectivity index (χ0) is 16.1. The molecule has 1 unspecified atom stereocenters. The molecule has 130 valence electrons. The Labute approximate surface area is 154 Å². The Morgan fingerprint density at radius 3 is 2.83 bits per heavy atom. The van der Waals surface area contributed by atoms with Gasteiger partial charge in [0.1, 0.15) is 5.76 Å². The first-order chi connectivity index (χ1) is 10.5. The summed E-state index contributed by atoms with van der Waals surface area (Å²) in [7, 11) is 1.79. The number of nitrogens with one attached hydrogen (secondary N) is 1. The summed E-state index contributed by atoms with van der Waals surface area (Å²) in [6.45, 7) is 7.10. The summed E-state index contributed by atoms with van der Waals surface area (Å²) in [6.07, 6.45) is 2.47. The van der Waals surface area contributed by atoms with Gasteiger partial charge in [-0.2, -0.15) is 0 Å². The van der Waals surface area contributed by atoms with Crippen LogP contribution in [0.2, 0.25) is 0 Å². The van der Waals surface area contributed by atoms with Gasteiger partial charge in [0.05, 0.1) is 6.54 Å². The normalized spacial score (nSPS) is 18.2. The summed E-state index contributed by atoms with van der Waals surface area (Å²) < 4.78 is 5.37. The summed E-state index contributed by atoms with van der Waals surface area (Å²) in [5, 5.41) is 3.28. The molecule has 23 heavy (non-hydrogen) atoms. The molecule has 2 rings (SSSR count). The van der Waals surface area contributed by atoms with Crippen molar-refractivity contribution in [1.29, 1.82) is 0 Å². The third-order valence-corrected chi connectivity index (χ3v) is 3.93. The molecule has 7 heteroatoms. The molecule has 1 aromatic heterocycles. The molecule has 1 saturated heterocycles. The van der Waals surface area contributed by atoms with Gasteiger partial charge in [-0.15, -0.1) is 24.0 Å². The number of carbonyl (C=O) groups excluding carboxylic acids is 1. The van der Waals surface area contributed by atoms with Crippen molar-refractivity contribution in [2.45, 2.75) is 33.2 Å². The van der Waals surface area contributed by atoms with E-state index in [0.29, 0.717) is 12.3 Å². The number of amides is 1. The lowest BCUT2D eigenvalue weighted by atomic mass is 9.97. The minimum Gasteiger partial charge on any atom is -0.454 e. The van der Waals surface area contributed by atoms with Gasteiger partial charge in [-0.3, -0.25) is 9.79 Å². The van der Waals surface area contributed by atoms with Crippen LogP contribution in [0.5, 0.6) is 0 Å². The van der Waals surface area contributed by atoms with E-state index < -0.39 is 5.91 Å². The van der Waals surface area contributed by atoms with Crippen molar-refractivity contribution in [2.24, 2.45) is 22.6 Å². The van der Waals surface area contributed by atoms with Gasteiger partial charge in [-0.05, 0) is 36.8 Å². The van der Waals surface area contributed by atoms with Gasteiger partial charge in [-0.1, -0.05) is 13.8 Å². The molecule has 2 heterocycles. The Kier molecular flexibility index (Phi) is 7.87. The second kappa shape index (κ2) is 9.14. The largest absolute Gasteiger partial charge is 0.454 e. The smallest absolute Gasteiger partial charge is 0.284 e. The van der Waals surface area contributed by atoms with Gasteiger partial charge < -0.3 is 20.4 Å². The Balaban J connectivity index is 0.00000264. The van der Waals surface area contributed by atoms with Crippen LogP contribution in [0.1, 0.15) is 43.0 Å². The highest BCUT2D eigenvalue weighted by atomic mass is 127. The molecule has 0 aromatic carbocycles. The van der Waals surface area contributed by atoms with Crippen molar-refractivity contribution in [1.82, 2.24) is 10.2 Å². The summed E-state index contributed by atoms with van der Waals surface area (Å²) in [5.41, 5.74) is 5.18. The molecule has 1 fully saturated rings. The molecule has 1 amide bonds. The highest BCUT2D eigenvalue weighted by Crippen LogP contribution is 2.23. The van der Waals surface area contributed by atoms with E-state index in [1.807, 2.05) is 0 Å². The van der Waals surface area contributed by atoms with Crippen LogP contribution in [0.4, 0.5) is 0 Å². The molecule has 0 spiro atoms. The molecule has 0 aliphatic carbocycles.